The molecule has 25 heavy (non-hydrogen) atoms. The Balaban J connectivity index is 1.49. The third kappa shape index (κ3) is 2.80. The highest BCUT2D eigenvalue weighted by molar-refractivity contribution is 6.04. The molecule has 6 heteroatoms. The first-order chi connectivity index (χ1) is 12.1. The number of fused-ring (bicyclic) bond motifs is 2. The lowest BCUT2D eigenvalue weighted by atomic mass is 9.96. The molecule has 1 aliphatic heterocycles. The Hall–Kier alpha value is -3.02. The van der Waals surface area contributed by atoms with E-state index in [1.54, 1.807) is 25.2 Å². The number of oxazole rings is 1. The van der Waals surface area contributed by atoms with Crippen molar-refractivity contribution in [1.82, 2.24) is 9.88 Å². The van der Waals surface area contributed by atoms with Gasteiger partial charge < -0.3 is 14.5 Å². The van der Waals surface area contributed by atoms with Crippen LogP contribution in [0.5, 0.6) is 5.75 Å². The smallest absolute Gasteiger partial charge is 0.419 e. The van der Waals surface area contributed by atoms with Crippen molar-refractivity contribution >= 4 is 17.0 Å². The Bertz CT molecular complexity index is 1000. The fourth-order valence-electron chi connectivity index (χ4n) is 3.18. The van der Waals surface area contributed by atoms with Crippen LogP contribution in [0.3, 0.4) is 0 Å². The van der Waals surface area contributed by atoms with Gasteiger partial charge in [0, 0.05) is 19.5 Å². The number of aromatic nitrogens is 1. The van der Waals surface area contributed by atoms with Crippen molar-refractivity contribution in [3.05, 3.63) is 64.1 Å². The fourth-order valence-corrected chi connectivity index (χ4v) is 3.18. The van der Waals surface area contributed by atoms with Crippen LogP contribution in [-0.2, 0) is 13.5 Å². The molecule has 1 amide bonds. The highest BCUT2D eigenvalue weighted by atomic mass is 16.5. The third-order valence-corrected chi connectivity index (χ3v) is 4.57. The molecule has 128 valence electrons. The zero-order valence-corrected chi connectivity index (χ0v) is 13.8. The topological polar surface area (TPSA) is 73.5 Å². The number of carbonyl (C=O) groups is 1. The number of ether oxygens (including phenoxy) is 1. The highest BCUT2D eigenvalue weighted by Crippen LogP contribution is 2.26. The quantitative estimate of drug-likeness (QED) is 0.794. The number of para-hydroxylation sites is 2. The molecule has 0 fully saturated rings. The van der Waals surface area contributed by atoms with Gasteiger partial charge in [-0.2, -0.15) is 0 Å². The minimum absolute atomic E-state index is 0.209. The van der Waals surface area contributed by atoms with Gasteiger partial charge in [0.05, 0.1) is 17.7 Å². The number of benzene rings is 2. The Morgan fingerprint density at radius 2 is 2.08 bits per heavy atom. The molecular formula is C19H18N2O4. The summed E-state index contributed by atoms with van der Waals surface area (Å²) in [4.78, 5) is 24.2. The second-order valence-corrected chi connectivity index (χ2v) is 6.28. The first-order valence-corrected chi connectivity index (χ1v) is 8.21. The van der Waals surface area contributed by atoms with E-state index in [1.807, 2.05) is 24.3 Å². The summed E-state index contributed by atoms with van der Waals surface area (Å²) in [6, 6.07) is 13.1. The van der Waals surface area contributed by atoms with Crippen molar-refractivity contribution in [2.75, 3.05) is 13.2 Å². The Morgan fingerprint density at radius 1 is 1.24 bits per heavy atom. The zero-order valence-electron chi connectivity index (χ0n) is 13.8. The average molecular weight is 338 g/mol. The minimum Gasteiger partial charge on any atom is -0.493 e. The van der Waals surface area contributed by atoms with Crippen LogP contribution in [0.15, 0.2) is 51.7 Å². The van der Waals surface area contributed by atoms with Crippen molar-refractivity contribution in [3.8, 4) is 5.75 Å². The second-order valence-electron chi connectivity index (χ2n) is 6.28. The predicted molar refractivity (Wildman–Crippen MR) is 92.9 cm³/mol. The SMILES string of the molecule is Cn1c(=O)oc2c(C(=O)NC[C@@H]3COc4ccccc4C3)cccc21. The summed E-state index contributed by atoms with van der Waals surface area (Å²) in [6.45, 7) is 1.07. The van der Waals surface area contributed by atoms with E-state index in [4.69, 9.17) is 9.15 Å². The lowest BCUT2D eigenvalue weighted by Crippen LogP contribution is -2.34. The molecule has 0 bridgehead atoms. The maximum atomic E-state index is 12.5. The van der Waals surface area contributed by atoms with Crippen LogP contribution in [0.4, 0.5) is 0 Å². The lowest BCUT2D eigenvalue weighted by Gasteiger charge is -2.25. The molecular weight excluding hydrogens is 320 g/mol. The van der Waals surface area contributed by atoms with Gasteiger partial charge >= 0.3 is 5.76 Å². The van der Waals surface area contributed by atoms with Gasteiger partial charge in [-0.1, -0.05) is 24.3 Å². The minimum atomic E-state index is -0.479. The standard InChI is InChI=1S/C19H18N2O4/c1-21-15-7-4-6-14(17(15)25-19(21)23)18(22)20-10-12-9-13-5-2-3-8-16(13)24-11-12/h2-8,12H,9-11H2,1H3,(H,20,22)/t12-/m1/s1. The highest BCUT2D eigenvalue weighted by Gasteiger charge is 2.21. The van der Waals surface area contributed by atoms with Gasteiger partial charge in [0.2, 0.25) is 0 Å². The van der Waals surface area contributed by atoms with Gasteiger partial charge in [0.15, 0.2) is 5.58 Å². The summed E-state index contributed by atoms with van der Waals surface area (Å²) in [6.07, 6.45) is 0.862. The summed E-state index contributed by atoms with van der Waals surface area (Å²) in [7, 11) is 1.62. The van der Waals surface area contributed by atoms with E-state index in [-0.39, 0.29) is 11.8 Å². The van der Waals surface area contributed by atoms with Crippen LogP contribution in [0.25, 0.3) is 11.1 Å². The van der Waals surface area contributed by atoms with Crippen LogP contribution >= 0.6 is 0 Å². The number of hydrogen-bond acceptors (Lipinski definition) is 4. The molecule has 4 rings (SSSR count). The van der Waals surface area contributed by atoms with Gasteiger partial charge in [-0.05, 0) is 30.2 Å². The molecule has 0 saturated heterocycles. The average Bonchev–Trinajstić information content (AvgIpc) is 2.94. The number of nitrogens with one attached hydrogen (secondary N) is 1. The van der Waals surface area contributed by atoms with Crippen LogP contribution in [0.1, 0.15) is 15.9 Å². The largest absolute Gasteiger partial charge is 0.493 e. The first kappa shape index (κ1) is 15.5. The molecule has 1 aromatic heterocycles. The molecule has 6 nitrogen and oxygen atoms in total. The van der Waals surface area contributed by atoms with E-state index in [0.717, 1.165) is 17.7 Å². The molecule has 0 saturated carbocycles. The van der Waals surface area contributed by atoms with Crippen LogP contribution in [-0.4, -0.2) is 23.6 Å². The normalized spacial score (nSPS) is 16.3. The lowest BCUT2D eigenvalue weighted by molar-refractivity contribution is 0.0939. The van der Waals surface area contributed by atoms with Gasteiger partial charge in [-0.25, -0.2) is 4.79 Å². The van der Waals surface area contributed by atoms with Crippen LogP contribution in [0.2, 0.25) is 0 Å². The third-order valence-electron chi connectivity index (χ3n) is 4.57. The van der Waals surface area contributed by atoms with Gasteiger partial charge in [-0.3, -0.25) is 9.36 Å². The van der Waals surface area contributed by atoms with Crippen molar-refractivity contribution in [1.29, 1.82) is 0 Å². The monoisotopic (exact) mass is 338 g/mol. The zero-order chi connectivity index (χ0) is 17.4. The summed E-state index contributed by atoms with van der Waals surface area (Å²) in [5, 5.41) is 2.93. The maximum Gasteiger partial charge on any atom is 0.419 e. The van der Waals surface area contributed by atoms with E-state index in [2.05, 4.69) is 5.32 Å². The molecule has 0 unspecified atom stereocenters. The summed E-state index contributed by atoms with van der Waals surface area (Å²) in [5.41, 5.74) is 2.45. The number of hydrogen-bond donors (Lipinski definition) is 1. The molecule has 3 aromatic rings. The van der Waals surface area contributed by atoms with E-state index in [0.29, 0.717) is 29.8 Å². The Morgan fingerprint density at radius 3 is 2.96 bits per heavy atom. The predicted octanol–water partition coefficient (Wildman–Crippen LogP) is 2.11. The Kier molecular flexibility index (Phi) is 3.80. The summed E-state index contributed by atoms with van der Waals surface area (Å²) >= 11 is 0. The summed E-state index contributed by atoms with van der Waals surface area (Å²) in [5.74, 6) is 0.396. The number of carbonyl (C=O) groups excluding carboxylic acids is 1. The number of nitrogens with zero attached hydrogens (tertiary/aromatic N) is 1. The summed E-state index contributed by atoms with van der Waals surface area (Å²) < 4.78 is 12.3. The maximum absolute atomic E-state index is 12.5. The van der Waals surface area contributed by atoms with Crippen molar-refractivity contribution in [2.45, 2.75) is 6.42 Å². The van der Waals surface area contributed by atoms with E-state index in [1.165, 1.54) is 4.57 Å². The van der Waals surface area contributed by atoms with Crippen LogP contribution < -0.4 is 15.8 Å². The molecule has 2 aromatic carbocycles. The molecule has 0 aliphatic carbocycles. The van der Waals surface area contributed by atoms with Crippen molar-refractivity contribution < 1.29 is 13.9 Å². The molecule has 0 radical (unpaired) electrons. The van der Waals surface area contributed by atoms with Gasteiger partial charge in [0.1, 0.15) is 5.75 Å². The molecule has 2 heterocycles. The molecule has 1 atom stereocenters. The van der Waals surface area contributed by atoms with Crippen molar-refractivity contribution in [2.24, 2.45) is 13.0 Å². The number of aryl methyl sites for hydroxylation is 1. The van der Waals surface area contributed by atoms with E-state index < -0.39 is 5.76 Å². The van der Waals surface area contributed by atoms with E-state index >= 15 is 0 Å². The number of amides is 1. The Labute approximate surface area is 144 Å². The van der Waals surface area contributed by atoms with Gasteiger partial charge in [0.25, 0.3) is 5.91 Å². The van der Waals surface area contributed by atoms with E-state index in [9.17, 15) is 9.59 Å². The second kappa shape index (κ2) is 6.12. The molecule has 1 N–H and O–H groups in total. The van der Waals surface area contributed by atoms with Crippen molar-refractivity contribution in [3.63, 3.8) is 0 Å². The van der Waals surface area contributed by atoms with Crippen LogP contribution in [0, 0.1) is 5.92 Å². The molecule has 1 aliphatic rings. The fraction of sp³-hybridized carbons (Fsp3) is 0.263. The number of rotatable bonds is 3. The molecule has 0 spiro atoms. The first-order valence-electron chi connectivity index (χ1n) is 8.21. The van der Waals surface area contributed by atoms with Gasteiger partial charge in [-0.15, -0.1) is 0 Å².